The van der Waals surface area contributed by atoms with Crippen molar-refractivity contribution >= 4 is 44.9 Å². The smallest absolute Gasteiger partial charge is 0.0713 e. The monoisotopic (exact) mass is 716 g/mol. The topological polar surface area (TPSA) is 6.48 Å². The highest BCUT2D eigenvalue weighted by Gasteiger charge is 2.47. The number of nitrogens with zero attached hydrogens (tertiary/aromatic N) is 2. The molecule has 1 aliphatic carbocycles. The molecule has 0 aromatic heterocycles. The summed E-state index contributed by atoms with van der Waals surface area (Å²) >= 11 is 0. The molecule has 56 heavy (non-hydrogen) atoms. The first-order valence-electron chi connectivity index (χ1n) is 19.4. The number of hydrogen-bond acceptors (Lipinski definition) is 2. The van der Waals surface area contributed by atoms with Gasteiger partial charge in [-0.05, 0) is 124 Å². The van der Waals surface area contributed by atoms with Gasteiger partial charge in [0.1, 0.15) is 0 Å². The molecule has 0 saturated heterocycles. The molecule has 266 valence electrons. The van der Waals surface area contributed by atoms with Crippen LogP contribution < -0.4 is 9.80 Å². The molecule has 0 amide bonds. The van der Waals surface area contributed by atoms with Crippen LogP contribution in [0.2, 0.25) is 0 Å². The van der Waals surface area contributed by atoms with E-state index in [1.54, 1.807) is 0 Å². The van der Waals surface area contributed by atoms with Crippen molar-refractivity contribution in [2.24, 2.45) is 0 Å². The Morgan fingerprint density at radius 3 is 1.21 bits per heavy atom. The highest BCUT2D eigenvalue weighted by Crippen LogP contribution is 2.58. The Kier molecular flexibility index (Phi) is 8.30. The number of benzene rings is 9. The molecule has 0 radical (unpaired) electrons. The maximum atomic E-state index is 2.42. The molecule has 1 aliphatic rings. The number of aryl methyl sites for hydroxylation is 1. The maximum absolute atomic E-state index is 2.42. The summed E-state index contributed by atoms with van der Waals surface area (Å²) in [6.07, 6.45) is 0. The molecule has 0 fully saturated rings. The first-order valence-corrected chi connectivity index (χ1v) is 19.4. The van der Waals surface area contributed by atoms with Crippen molar-refractivity contribution in [2.75, 3.05) is 9.80 Å². The van der Waals surface area contributed by atoms with Crippen molar-refractivity contribution in [3.05, 3.63) is 252 Å². The van der Waals surface area contributed by atoms with E-state index in [2.05, 4.69) is 241 Å². The molecule has 9 aromatic carbocycles. The second-order valence-corrected chi connectivity index (χ2v) is 14.6. The Bertz CT molecular complexity index is 2570. The van der Waals surface area contributed by atoms with Crippen LogP contribution in [0.25, 0.3) is 21.9 Å². The molecule has 0 saturated carbocycles. The number of rotatable bonds is 8. The minimum atomic E-state index is -0.563. The minimum absolute atomic E-state index is 0.563. The molecule has 0 aliphatic heterocycles. The van der Waals surface area contributed by atoms with Gasteiger partial charge in [-0.3, -0.25) is 0 Å². The number of fused-ring (bicyclic) bond motifs is 5. The first kappa shape index (κ1) is 33.4. The van der Waals surface area contributed by atoms with Gasteiger partial charge in [0.25, 0.3) is 0 Å². The standard InChI is InChI=1S/C54H40N2/c1-39-26-36-50-52(38-39)54(51-37-27-40-16-14-15-25-49(40)53(50)51,41-28-32-47(33-29-41)55(43-17-6-2-7-18-43)44-19-8-3-9-20-44)42-30-34-48(35-31-42)56(45-21-10-4-11-22-45)46-23-12-5-13-24-46/h2-38H,1H3. The lowest BCUT2D eigenvalue weighted by molar-refractivity contribution is 0.768. The lowest BCUT2D eigenvalue weighted by Crippen LogP contribution is -2.29. The summed E-state index contributed by atoms with van der Waals surface area (Å²) in [5, 5.41) is 2.53. The summed E-state index contributed by atoms with van der Waals surface area (Å²) in [7, 11) is 0. The highest BCUT2D eigenvalue weighted by atomic mass is 15.1. The van der Waals surface area contributed by atoms with Gasteiger partial charge >= 0.3 is 0 Å². The van der Waals surface area contributed by atoms with Crippen molar-refractivity contribution in [3.8, 4) is 11.1 Å². The van der Waals surface area contributed by atoms with Crippen LogP contribution in [-0.2, 0) is 5.41 Å². The van der Waals surface area contributed by atoms with Gasteiger partial charge in [-0.1, -0.05) is 157 Å². The van der Waals surface area contributed by atoms with Crippen molar-refractivity contribution < 1.29 is 0 Å². The zero-order valence-electron chi connectivity index (χ0n) is 31.3. The Morgan fingerprint density at radius 1 is 0.339 bits per heavy atom. The summed E-state index contributed by atoms with van der Waals surface area (Å²) in [5.74, 6) is 0. The van der Waals surface area contributed by atoms with E-state index in [0.29, 0.717) is 0 Å². The zero-order valence-corrected chi connectivity index (χ0v) is 31.3. The summed E-state index contributed by atoms with van der Waals surface area (Å²) in [4.78, 5) is 4.67. The molecular weight excluding hydrogens is 677 g/mol. The van der Waals surface area contributed by atoms with Crippen LogP contribution in [0.15, 0.2) is 224 Å². The van der Waals surface area contributed by atoms with E-state index in [1.807, 2.05) is 0 Å². The molecule has 9 aromatic rings. The number of anilines is 6. The quantitative estimate of drug-likeness (QED) is 0.154. The molecule has 0 heterocycles. The van der Waals surface area contributed by atoms with Gasteiger partial charge in [0.15, 0.2) is 0 Å². The van der Waals surface area contributed by atoms with Crippen LogP contribution in [0, 0.1) is 6.92 Å². The summed E-state index contributed by atoms with van der Waals surface area (Å²) in [6, 6.07) is 81.7. The highest BCUT2D eigenvalue weighted by molar-refractivity contribution is 6.04. The zero-order chi connectivity index (χ0) is 37.5. The third kappa shape index (κ3) is 5.49. The Balaban J connectivity index is 1.20. The average molecular weight is 717 g/mol. The van der Waals surface area contributed by atoms with Crippen molar-refractivity contribution in [2.45, 2.75) is 12.3 Å². The van der Waals surface area contributed by atoms with Crippen LogP contribution in [0.4, 0.5) is 34.1 Å². The molecule has 10 rings (SSSR count). The van der Waals surface area contributed by atoms with Crippen LogP contribution in [-0.4, -0.2) is 0 Å². The van der Waals surface area contributed by atoms with Gasteiger partial charge < -0.3 is 9.80 Å². The SMILES string of the molecule is Cc1ccc2c(c1)C(c1ccc(N(c3ccccc3)c3ccccc3)cc1)(c1ccc(N(c3ccccc3)c3ccccc3)cc1)c1ccc3ccccc3c1-2. The molecule has 2 heteroatoms. The van der Waals surface area contributed by atoms with Crippen LogP contribution in [0.5, 0.6) is 0 Å². The average Bonchev–Trinajstić information content (AvgIpc) is 3.56. The Hall–Kier alpha value is -7.16. The lowest BCUT2D eigenvalue weighted by atomic mass is 9.67. The number of para-hydroxylation sites is 4. The van der Waals surface area contributed by atoms with E-state index in [9.17, 15) is 0 Å². The molecule has 2 nitrogen and oxygen atoms in total. The van der Waals surface area contributed by atoms with E-state index >= 15 is 0 Å². The summed E-state index contributed by atoms with van der Waals surface area (Å²) < 4.78 is 0. The van der Waals surface area contributed by atoms with E-state index in [4.69, 9.17) is 0 Å². The van der Waals surface area contributed by atoms with Crippen LogP contribution >= 0.6 is 0 Å². The normalized spacial score (nSPS) is 12.5. The van der Waals surface area contributed by atoms with E-state index < -0.39 is 5.41 Å². The second-order valence-electron chi connectivity index (χ2n) is 14.6. The van der Waals surface area contributed by atoms with E-state index in [-0.39, 0.29) is 0 Å². The van der Waals surface area contributed by atoms with E-state index in [1.165, 1.54) is 49.7 Å². The molecule has 0 atom stereocenters. The van der Waals surface area contributed by atoms with Crippen molar-refractivity contribution in [3.63, 3.8) is 0 Å². The molecule has 0 unspecified atom stereocenters. The Labute approximate surface area is 329 Å². The van der Waals surface area contributed by atoms with Gasteiger partial charge in [-0.25, -0.2) is 0 Å². The van der Waals surface area contributed by atoms with Gasteiger partial charge in [0.2, 0.25) is 0 Å². The Morgan fingerprint density at radius 2 is 0.750 bits per heavy atom. The molecule has 0 bridgehead atoms. The van der Waals surface area contributed by atoms with E-state index in [0.717, 1.165) is 34.1 Å². The fourth-order valence-electron chi connectivity index (χ4n) is 8.92. The third-order valence-electron chi connectivity index (χ3n) is 11.4. The molecular formula is C54H40N2. The van der Waals surface area contributed by atoms with Crippen molar-refractivity contribution in [1.29, 1.82) is 0 Å². The predicted molar refractivity (Wildman–Crippen MR) is 235 cm³/mol. The van der Waals surface area contributed by atoms with Crippen LogP contribution in [0.1, 0.15) is 27.8 Å². The second kappa shape index (κ2) is 13.9. The van der Waals surface area contributed by atoms with Gasteiger partial charge in [-0.15, -0.1) is 0 Å². The van der Waals surface area contributed by atoms with Crippen molar-refractivity contribution in [1.82, 2.24) is 0 Å². The fourth-order valence-corrected chi connectivity index (χ4v) is 8.92. The third-order valence-corrected chi connectivity index (χ3v) is 11.4. The largest absolute Gasteiger partial charge is 0.311 e. The molecule has 0 spiro atoms. The summed E-state index contributed by atoms with van der Waals surface area (Å²) in [5.41, 5.74) is 15.1. The van der Waals surface area contributed by atoms with Gasteiger partial charge in [-0.2, -0.15) is 0 Å². The predicted octanol–water partition coefficient (Wildman–Crippen LogP) is 14.5. The maximum Gasteiger partial charge on any atom is 0.0713 e. The first-order chi connectivity index (χ1) is 27.7. The van der Waals surface area contributed by atoms with Gasteiger partial charge in [0, 0.05) is 34.1 Å². The lowest BCUT2D eigenvalue weighted by Gasteiger charge is -2.35. The van der Waals surface area contributed by atoms with Crippen LogP contribution in [0.3, 0.4) is 0 Å². The number of hydrogen-bond donors (Lipinski definition) is 0. The summed E-state index contributed by atoms with van der Waals surface area (Å²) in [6.45, 7) is 2.22. The van der Waals surface area contributed by atoms with Gasteiger partial charge in [0.05, 0.1) is 5.41 Å². The molecule has 0 N–H and O–H groups in total. The minimum Gasteiger partial charge on any atom is -0.311 e. The fraction of sp³-hybridized carbons (Fsp3) is 0.0370.